The van der Waals surface area contributed by atoms with Crippen molar-refractivity contribution in [2.24, 2.45) is 5.10 Å². The molecule has 9 heteroatoms. The van der Waals surface area contributed by atoms with Gasteiger partial charge in [-0.15, -0.1) is 0 Å². The first-order valence-corrected chi connectivity index (χ1v) is 12.0. The maximum absolute atomic E-state index is 11.5. The lowest BCUT2D eigenvalue weighted by atomic mass is 9.99. The molecular weight excluding hydrogens is 442 g/mol. The van der Waals surface area contributed by atoms with Crippen LogP contribution in [0.2, 0.25) is 0 Å². The van der Waals surface area contributed by atoms with Crippen molar-refractivity contribution in [1.29, 1.82) is 0 Å². The fraction of sp³-hybridized carbons (Fsp3) is 0.217. The number of thiazole rings is 2. The van der Waals surface area contributed by atoms with Gasteiger partial charge in [0.25, 0.3) is 0 Å². The van der Waals surface area contributed by atoms with Gasteiger partial charge in [0.05, 0.1) is 15.9 Å². The first-order valence-electron chi connectivity index (χ1n) is 10.4. The van der Waals surface area contributed by atoms with Gasteiger partial charge in [0.15, 0.2) is 5.69 Å². The quantitative estimate of drug-likeness (QED) is 0.259. The van der Waals surface area contributed by atoms with Crippen LogP contribution in [0.4, 0.5) is 10.1 Å². The van der Waals surface area contributed by atoms with Crippen LogP contribution in [0.25, 0.3) is 20.8 Å². The molecule has 0 amide bonds. The molecule has 4 aromatic rings. The molecular formula is C23H21N5O2S2. The lowest BCUT2D eigenvalue weighted by molar-refractivity contribution is 0.0692. The predicted octanol–water partition coefficient (Wildman–Crippen LogP) is 5.70. The number of hydrogen-bond acceptors (Lipinski definition) is 8. The molecule has 2 heterocycles. The van der Waals surface area contributed by atoms with E-state index in [9.17, 15) is 9.90 Å². The SMILES string of the molecule is CNc1sc(-c2ccc3c(c2)/C(=N/Nc2nc4ccccc4s2)CCCC3)nc1C(=O)O. The number of rotatable bonds is 5. The molecule has 1 aliphatic carbocycles. The molecule has 0 fully saturated rings. The number of aromatic nitrogens is 2. The fourth-order valence-corrected chi connectivity index (χ4v) is 5.56. The monoisotopic (exact) mass is 463 g/mol. The van der Waals surface area contributed by atoms with Gasteiger partial charge in [-0.25, -0.2) is 14.8 Å². The fourth-order valence-electron chi connectivity index (χ4n) is 3.85. The summed E-state index contributed by atoms with van der Waals surface area (Å²) >= 11 is 2.93. The van der Waals surface area contributed by atoms with E-state index in [1.807, 2.05) is 24.3 Å². The summed E-state index contributed by atoms with van der Waals surface area (Å²) in [4.78, 5) is 20.5. The maximum Gasteiger partial charge on any atom is 0.357 e. The number of carboxylic acid groups (broad SMARTS) is 1. The zero-order chi connectivity index (χ0) is 22.1. The molecule has 32 heavy (non-hydrogen) atoms. The predicted molar refractivity (Wildman–Crippen MR) is 131 cm³/mol. The van der Waals surface area contributed by atoms with Crippen molar-refractivity contribution in [3.05, 3.63) is 59.3 Å². The number of para-hydroxylation sites is 1. The largest absolute Gasteiger partial charge is 0.476 e. The molecule has 2 aromatic carbocycles. The number of nitrogens with zero attached hydrogens (tertiary/aromatic N) is 3. The van der Waals surface area contributed by atoms with Gasteiger partial charge in [-0.1, -0.05) is 46.9 Å². The topological polar surface area (TPSA) is 99.5 Å². The molecule has 5 rings (SSSR count). The summed E-state index contributed by atoms with van der Waals surface area (Å²) in [6.45, 7) is 0. The zero-order valence-electron chi connectivity index (χ0n) is 17.4. The van der Waals surface area contributed by atoms with Crippen molar-refractivity contribution in [3.8, 4) is 10.6 Å². The normalized spacial score (nSPS) is 14.8. The summed E-state index contributed by atoms with van der Waals surface area (Å²) in [6.07, 6.45) is 4.04. The van der Waals surface area contributed by atoms with Gasteiger partial charge in [-0.2, -0.15) is 5.10 Å². The average Bonchev–Trinajstić information content (AvgIpc) is 3.37. The Hall–Kier alpha value is -3.30. The number of carbonyl (C=O) groups is 1. The van der Waals surface area contributed by atoms with Gasteiger partial charge in [-0.05, 0) is 49.4 Å². The second-order valence-electron chi connectivity index (χ2n) is 7.49. The Bertz CT molecular complexity index is 1310. The number of aromatic carboxylic acids is 1. The van der Waals surface area contributed by atoms with Gasteiger partial charge >= 0.3 is 5.97 Å². The summed E-state index contributed by atoms with van der Waals surface area (Å²) in [5.41, 5.74) is 8.40. The molecule has 1 aliphatic rings. The molecule has 7 nitrogen and oxygen atoms in total. The molecule has 0 aliphatic heterocycles. The van der Waals surface area contributed by atoms with Gasteiger partial charge in [0, 0.05) is 18.2 Å². The molecule has 0 spiro atoms. The molecule has 0 unspecified atom stereocenters. The minimum absolute atomic E-state index is 0.0498. The number of fused-ring (bicyclic) bond motifs is 2. The van der Waals surface area contributed by atoms with E-state index in [0.29, 0.717) is 10.0 Å². The zero-order valence-corrected chi connectivity index (χ0v) is 19.0. The molecule has 162 valence electrons. The van der Waals surface area contributed by atoms with E-state index >= 15 is 0 Å². The third-order valence-corrected chi connectivity index (χ3v) is 7.48. The Morgan fingerprint density at radius 3 is 2.72 bits per heavy atom. The van der Waals surface area contributed by atoms with E-state index in [1.54, 1.807) is 18.4 Å². The number of anilines is 2. The van der Waals surface area contributed by atoms with Crippen LogP contribution in [0.1, 0.15) is 40.9 Å². The first-order chi connectivity index (χ1) is 15.6. The van der Waals surface area contributed by atoms with Crippen molar-refractivity contribution < 1.29 is 9.90 Å². The van der Waals surface area contributed by atoms with Crippen molar-refractivity contribution >= 4 is 54.7 Å². The van der Waals surface area contributed by atoms with E-state index in [-0.39, 0.29) is 5.69 Å². The number of nitrogens with one attached hydrogen (secondary N) is 2. The summed E-state index contributed by atoms with van der Waals surface area (Å²) < 4.78 is 1.12. The highest BCUT2D eigenvalue weighted by Gasteiger charge is 2.20. The van der Waals surface area contributed by atoms with Gasteiger partial charge in [0.2, 0.25) is 5.13 Å². The van der Waals surface area contributed by atoms with E-state index in [2.05, 4.69) is 38.9 Å². The Kier molecular flexibility index (Phi) is 5.59. The third-order valence-electron chi connectivity index (χ3n) is 5.41. The van der Waals surface area contributed by atoms with Crippen LogP contribution in [0.15, 0.2) is 47.6 Å². The summed E-state index contributed by atoms with van der Waals surface area (Å²) in [5.74, 6) is -1.03. The van der Waals surface area contributed by atoms with Crippen LogP contribution in [-0.2, 0) is 6.42 Å². The number of hydrogen-bond donors (Lipinski definition) is 3. The average molecular weight is 464 g/mol. The lowest BCUT2D eigenvalue weighted by Gasteiger charge is -2.10. The van der Waals surface area contributed by atoms with Gasteiger partial charge in [0.1, 0.15) is 10.0 Å². The minimum atomic E-state index is -1.03. The molecule has 0 saturated heterocycles. The van der Waals surface area contributed by atoms with Crippen LogP contribution >= 0.6 is 22.7 Å². The van der Waals surface area contributed by atoms with Crippen LogP contribution in [-0.4, -0.2) is 33.8 Å². The summed E-state index contributed by atoms with van der Waals surface area (Å²) in [5, 5.41) is 19.1. The highest BCUT2D eigenvalue weighted by atomic mass is 32.1. The molecule has 0 saturated carbocycles. The highest BCUT2D eigenvalue weighted by molar-refractivity contribution is 7.22. The van der Waals surface area contributed by atoms with E-state index < -0.39 is 5.97 Å². The third kappa shape index (κ3) is 3.96. The second-order valence-corrected chi connectivity index (χ2v) is 9.52. The van der Waals surface area contributed by atoms with Crippen molar-refractivity contribution in [1.82, 2.24) is 9.97 Å². The number of carboxylic acids is 1. The Morgan fingerprint density at radius 1 is 1.09 bits per heavy atom. The molecule has 0 bridgehead atoms. The van der Waals surface area contributed by atoms with Crippen LogP contribution < -0.4 is 10.7 Å². The molecule has 0 radical (unpaired) electrons. The van der Waals surface area contributed by atoms with Gasteiger partial charge in [-0.3, -0.25) is 5.43 Å². The van der Waals surface area contributed by atoms with Gasteiger partial charge < -0.3 is 10.4 Å². The second kappa shape index (κ2) is 8.68. The smallest absolute Gasteiger partial charge is 0.357 e. The molecule has 3 N–H and O–H groups in total. The summed E-state index contributed by atoms with van der Waals surface area (Å²) in [7, 11) is 1.71. The van der Waals surface area contributed by atoms with E-state index in [4.69, 9.17) is 5.10 Å². The maximum atomic E-state index is 11.5. The standard InChI is InChI=1S/C23H21N5O2S2/c1-24-21-19(22(29)30)26-20(32-21)14-11-10-13-6-2-3-7-16(15(13)12-14)27-28-23-25-17-8-4-5-9-18(17)31-23/h4-5,8-12,24H,2-3,6-7H2,1H3,(H,25,28)(H,29,30)/b27-16+. The van der Waals surface area contributed by atoms with Crippen molar-refractivity contribution in [2.45, 2.75) is 25.7 Å². The van der Waals surface area contributed by atoms with Crippen LogP contribution in [0.3, 0.4) is 0 Å². The van der Waals surface area contributed by atoms with Crippen LogP contribution in [0.5, 0.6) is 0 Å². The molecule has 2 aromatic heterocycles. The number of benzene rings is 2. The minimum Gasteiger partial charge on any atom is -0.476 e. The highest BCUT2D eigenvalue weighted by Crippen LogP contribution is 2.34. The summed E-state index contributed by atoms with van der Waals surface area (Å²) in [6, 6.07) is 14.3. The Morgan fingerprint density at radius 2 is 1.94 bits per heavy atom. The van der Waals surface area contributed by atoms with E-state index in [0.717, 1.165) is 57.9 Å². The Balaban J connectivity index is 1.50. The first kappa shape index (κ1) is 20.6. The van der Waals surface area contributed by atoms with Crippen molar-refractivity contribution in [3.63, 3.8) is 0 Å². The Labute approximate surface area is 192 Å². The van der Waals surface area contributed by atoms with Crippen LogP contribution in [0, 0.1) is 0 Å². The van der Waals surface area contributed by atoms with E-state index in [1.165, 1.54) is 16.9 Å². The lowest BCUT2D eigenvalue weighted by Crippen LogP contribution is -2.06. The van der Waals surface area contributed by atoms with Crippen molar-refractivity contribution in [2.75, 3.05) is 17.8 Å². The number of hydrazone groups is 1. The number of aryl methyl sites for hydroxylation is 1. The molecule has 0 atom stereocenters.